The Bertz CT molecular complexity index is 808. The van der Waals surface area contributed by atoms with Gasteiger partial charge < -0.3 is 27.0 Å². The maximum atomic E-state index is 10.4. The Morgan fingerprint density at radius 1 is 1.13 bits per heavy atom. The Labute approximate surface area is 173 Å². The molecule has 2 atom stereocenters. The standard InChI is InChI=1S/C9H11NO2.C6H6N2O2.C5H9NO2/c10-8(9(11)12)6-7-4-2-1-3-5-7;7-5-1-3-6(4-2-5)8(9)10;7-5(8)4-2-1-3-6-4/h1-5,8H,6,10H2,(H,11,12);1-4H,7H2;4,6H,1-3H2,(H,7,8)/t8-;;4-/m0.0/s1. The molecule has 0 aliphatic carbocycles. The topological polar surface area (TPSA) is 182 Å². The van der Waals surface area contributed by atoms with E-state index in [9.17, 15) is 19.7 Å². The number of hydrogen-bond acceptors (Lipinski definition) is 7. The lowest BCUT2D eigenvalue weighted by Gasteiger charge is -2.04. The van der Waals surface area contributed by atoms with Gasteiger partial charge in [-0.3, -0.25) is 19.7 Å². The van der Waals surface area contributed by atoms with Crippen LogP contribution in [0.25, 0.3) is 0 Å². The molecular formula is C20H26N4O6. The number of carbonyl (C=O) groups is 2. The minimum absolute atomic E-state index is 0.0641. The van der Waals surface area contributed by atoms with Gasteiger partial charge in [0.15, 0.2) is 0 Å². The summed E-state index contributed by atoms with van der Waals surface area (Å²) < 4.78 is 0. The second-order valence-corrected chi connectivity index (χ2v) is 6.47. The Balaban J connectivity index is 0.000000230. The van der Waals surface area contributed by atoms with Gasteiger partial charge in [-0.25, -0.2) is 0 Å². The number of nitro groups is 1. The maximum Gasteiger partial charge on any atom is 0.320 e. The summed E-state index contributed by atoms with van der Waals surface area (Å²) >= 11 is 0. The molecule has 1 aliphatic heterocycles. The Morgan fingerprint density at radius 2 is 1.73 bits per heavy atom. The number of anilines is 1. The van der Waals surface area contributed by atoms with Gasteiger partial charge in [0.05, 0.1) is 4.92 Å². The molecule has 0 unspecified atom stereocenters. The molecule has 0 amide bonds. The van der Waals surface area contributed by atoms with E-state index in [1.807, 2.05) is 30.3 Å². The number of benzene rings is 2. The van der Waals surface area contributed by atoms with E-state index in [0.717, 1.165) is 24.9 Å². The molecule has 162 valence electrons. The van der Waals surface area contributed by atoms with Crippen molar-refractivity contribution in [3.63, 3.8) is 0 Å². The van der Waals surface area contributed by atoms with Gasteiger partial charge in [-0.05, 0) is 43.5 Å². The summed E-state index contributed by atoms with van der Waals surface area (Å²) in [6.07, 6.45) is 2.17. The Hall–Kier alpha value is -3.50. The van der Waals surface area contributed by atoms with E-state index in [-0.39, 0.29) is 11.7 Å². The summed E-state index contributed by atoms with van der Waals surface area (Å²) in [6.45, 7) is 0.858. The zero-order valence-electron chi connectivity index (χ0n) is 16.3. The van der Waals surface area contributed by atoms with E-state index in [2.05, 4.69) is 5.32 Å². The highest BCUT2D eigenvalue weighted by molar-refractivity contribution is 5.74. The molecule has 3 rings (SSSR count). The molecular weight excluding hydrogens is 392 g/mol. The van der Waals surface area contributed by atoms with Crippen molar-refractivity contribution >= 4 is 23.3 Å². The van der Waals surface area contributed by atoms with Crippen molar-refractivity contribution in [2.45, 2.75) is 31.3 Å². The van der Waals surface area contributed by atoms with E-state index >= 15 is 0 Å². The van der Waals surface area contributed by atoms with Gasteiger partial charge in [-0.1, -0.05) is 30.3 Å². The number of nitro benzene ring substituents is 1. The first-order valence-corrected chi connectivity index (χ1v) is 9.19. The third-order valence-electron chi connectivity index (χ3n) is 4.08. The van der Waals surface area contributed by atoms with Crippen LogP contribution in [-0.4, -0.2) is 45.7 Å². The van der Waals surface area contributed by atoms with Crippen LogP contribution in [-0.2, 0) is 16.0 Å². The molecule has 30 heavy (non-hydrogen) atoms. The molecule has 2 aromatic rings. The van der Waals surface area contributed by atoms with Crippen LogP contribution >= 0.6 is 0 Å². The van der Waals surface area contributed by atoms with Gasteiger partial charge >= 0.3 is 11.9 Å². The summed E-state index contributed by atoms with van der Waals surface area (Å²) in [7, 11) is 0. The van der Waals surface area contributed by atoms with Gasteiger partial charge in [0.2, 0.25) is 0 Å². The van der Waals surface area contributed by atoms with Crippen molar-refractivity contribution in [3.8, 4) is 0 Å². The molecule has 0 radical (unpaired) electrons. The number of aliphatic carboxylic acids is 2. The second kappa shape index (κ2) is 12.9. The van der Waals surface area contributed by atoms with Crippen molar-refractivity contribution < 1.29 is 24.7 Å². The molecule has 1 aliphatic rings. The zero-order valence-corrected chi connectivity index (χ0v) is 16.3. The van der Waals surface area contributed by atoms with Crippen molar-refractivity contribution in [2.75, 3.05) is 12.3 Å². The van der Waals surface area contributed by atoms with Crippen LogP contribution in [0, 0.1) is 10.1 Å². The average molecular weight is 418 g/mol. The van der Waals surface area contributed by atoms with Crippen LogP contribution in [0.4, 0.5) is 11.4 Å². The molecule has 1 saturated heterocycles. The monoisotopic (exact) mass is 418 g/mol. The first-order valence-electron chi connectivity index (χ1n) is 9.19. The Morgan fingerprint density at radius 3 is 2.13 bits per heavy atom. The molecule has 10 nitrogen and oxygen atoms in total. The van der Waals surface area contributed by atoms with Crippen LogP contribution in [0.2, 0.25) is 0 Å². The van der Waals surface area contributed by atoms with E-state index in [0.29, 0.717) is 12.1 Å². The normalized spacial score (nSPS) is 15.6. The number of hydrogen-bond donors (Lipinski definition) is 5. The van der Waals surface area contributed by atoms with E-state index < -0.39 is 22.9 Å². The van der Waals surface area contributed by atoms with Crippen LogP contribution < -0.4 is 16.8 Å². The predicted octanol–water partition coefficient (Wildman–Crippen LogP) is 1.64. The summed E-state index contributed by atoms with van der Waals surface area (Å²) in [5.74, 6) is -1.68. The van der Waals surface area contributed by atoms with Crippen LogP contribution in [0.15, 0.2) is 54.6 Å². The van der Waals surface area contributed by atoms with Crippen molar-refractivity contribution in [3.05, 3.63) is 70.3 Å². The minimum atomic E-state index is -0.959. The van der Waals surface area contributed by atoms with Crippen molar-refractivity contribution in [2.24, 2.45) is 5.73 Å². The quantitative estimate of drug-likeness (QED) is 0.274. The summed E-state index contributed by atoms with van der Waals surface area (Å²) in [5, 5.41) is 29.8. The van der Waals surface area contributed by atoms with Crippen LogP contribution in [0.1, 0.15) is 18.4 Å². The molecule has 0 saturated carbocycles. The minimum Gasteiger partial charge on any atom is -0.480 e. The van der Waals surface area contributed by atoms with Crippen LogP contribution in [0.5, 0.6) is 0 Å². The maximum absolute atomic E-state index is 10.4. The number of nitrogen functional groups attached to an aromatic ring is 1. The Kier molecular flexibility index (Phi) is 10.5. The molecule has 7 N–H and O–H groups in total. The third-order valence-corrected chi connectivity index (χ3v) is 4.08. The van der Waals surface area contributed by atoms with E-state index in [4.69, 9.17) is 21.7 Å². The van der Waals surface area contributed by atoms with Gasteiger partial charge in [0.25, 0.3) is 5.69 Å². The fourth-order valence-corrected chi connectivity index (χ4v) is 2.45. The SMILES string of the molecule is N[C@@H](Cc1ccccc1)C(=O)O.Nc1ccc([N+](=O)[O-])cc1.O=C(O)[C@@H]1CCCN1. The predicted molar refractivity (Wildman–Crippen MR) is 112 cm³/mol. The smallest absolute Gasteiger partial charge is 0.320 e. The average Bonchev–Trinajstić information content (AvgIpc) is 3.25. The fourth-order valence-electron chi connectivity index (χ4n) is 2.45. The number of nitrogens with two attached hydrogens (primary N) is 2. The molecule has 2 aromatic carbocycles. The van der Waals surface area contributed by atoms with Gasteiger partial charge in [0, 0.05) is 17.8 Å². The van der Waals surface area contributed by atoms with Crippen LogP contribution in [0.3, 0.4) is 0 Å². The van der Waals surface area contributed by atoms with Gasteiger partial charge in [-0.15, -0.1) is 0 Å². The lowest BCUT2D eigenvalue weighted by atomic mass is 10.1. The lowest BCUT2D eigenvalue weighted by molar-refractivity contribution is -0.384. The number of non-ortho nitro benzene ring substituents is 1. The van der Waals surface area contributed by atoms with E-state index in [1.54, 1.807) is 0 Å². The molecule has 1 heterocycles. The highest BCUT2D eigenvalue weighted by Gasteiger charge is 2.20. The highest BCUT2D eigenvalue weighted by atomic mass is 16.6. The summed E-state index contributed by atoms with van der Waals surface area (Å²) in [6, 6.07) is 14.0. The number of carboxylic acid groups (broad SMARTS) is 2. The number of nitrogens with one attached hydrogen (secondary N) is 1. The fraction of sp³-hybridized carbons (Fsp3) is 0.300. The number of rotatable bonds is 5. The largest absolute Gasteiger partial charge is 0.480 e. The second-order valence-electron chi connectivity index (χ2n) is 6.47. The molecule has 10 heteroatoms. The zero-order chi connectivity index (χ0) is 22.5. The van der Waals surface area contributed by atoms with Crippen molar-refractivity contribution in [1.82, 2.24) is 5.32 Å². The molecule has 0 aromatic heterocycles. The first kappa shape index (κ1) is 24.5. The molecule has 1 fully saturated rings. The molecule has 0 bridgehead atoms. The summed E-state index contributed by atoms with van der Waals surface area (Å²) in [5.41, 5.74) is 12.2. The third kappa shape index (κ3) is 9.62. The van der Waals surface area contributed by atoms with E-state index in [1.165, 1.54) is 24.3 Å². The first-order chi connectivity index (χ1) is 14.2. The molecule has 0 spiro atoms. The van der Waals surface area contributed by atoms with Gasteiger partial charge in [-0.2, -0.15) is 0 Å². The number of carboxylic acids is 2. The van der Waals surface area contributed by atoms with Gasteiger partial charge in [0.1, 0.15) is 12.1 Å². The highest BCUT2D eigenvalue weighted by Crippen LogP contribution is 2.12. The number of nitrogens with zero attached hydrogens (tertiary/aromatic N) is 1. The summed E-state index contributed by atoms with van der Waals surface area (Å²) in [4.78, 5) is 30.1. The lowest BCUT2D eigenvalue weighted by Crippen LogP contribution is -2.32. The van der Waals surface area contributed by atoms with Crippen molar-refractivity contribution in [1.29, 1.82) is 0 Å².